The van der Waals surface area contributed by atoms with Crippen molar-refractivity contribution in [1.82, 2.24) is 25.3 Å². The average molecular weight is 426 g/mol. The van der Waals surface area contributed by atoms with Gasteiger partial charge in [0.1, 0.15) is 29.0 Å². The molecule has 1 amide bonds. The van der Waals surface area contributed by atoms with Crippen LogP contribution in [0.15, 0.2) is 35.1 Å². The number of aromatic nitrogens is 4. The summed E-state index contributed by atoms with van der Waals surface area (Å²) in [7, 11) is 0. The molecule has 0 fully saturated rings. The highest BCUT2D eigenvalue weighted by molar-refractivity contribution is 7.98. The van der Waals surface area contributed by atoms with Crippen molar-refractivity contribution in [3.63, 3.8) is 0 Å². The molecule has 4 rings (SSSR count). The number of imidazole rings is 1. The molecule has 2 N–H and O–H groups in total. The van der Waals surface area contributed by atoms with Crippen molar-refractivity contribution in [3.05, 3.63) is 47.9 Å². The molecule has 1 atom stereocenters. The number of ether oxygens (including phenoxy) is 1. The number of fused-ring (bicyclic) bond motifs is 2. The van der Waals surface area contributed by atoms with E-state index in [1.54, 1.807) is 18.0 Å². The Bertz CT molecular complexity index is 1150. The first-order valence-corrected chi connectivity index (χ1v) is 11.1. The Morgan fingerprint density at radius 2 is 2.27 bits per heavy atom. The number of aryl methyl sites for hydroxylation is 1. The van der Waals surface area contributed by atoms with Crippen LogP contribution in [-0.4, -0.2) is 44.5 Å². The van der Waals surface area contributed by atoms with Gasteiger partial charge in [-0.3, -0.25) is 4.79 Å². The summed E-state index contributed by atoms with van der Waals surface area (Å²) in [5, 5.41) is 3.93. The molecule has 8 nitrogen and oxygen atoms in total. The van der Waals surface area contributed by atoms with Crippen LogP contribution in [0.25, 0.3) is 22.1 Å². The van der Waals surface area contributed by atoms with E-state index >= 15 is 0 Å². The van der Waals surface area contributed by atoms with E-state index in [9.17, 15) is 4.79 Å². The fraction of sp³-hybridized carbons (Fsp3) is 0.333. The molecule has 9 heteroatoms. The Morgan fingerprint density at radius 3 is 3.03 bits per heavy atom. The van der Waals surface area contributed by atoms with Crippen LogP contribution in [0, 0.1) is 6.92 Å². The number of aromatic amines is 1. The fourth-order valence-corrected chi connectivity index (χ4v) is 3.83. The van der Waals surface area contributed by atoms with Crippen LogP contribution < -0.4 is 10.1 Å². The third-order valence-electron chi connectivity index (χ3n) is 4.85. The number of carbonyl (C=O) groups is 1. The maximum atomic E-state index is 13.1. The SMILES string of the molecule is CCOc1ccc2oc(C(=O)NC(CCSC)c3nc4ncncc4[nH]3)c(C)c2c1. The molecule has 30 heavy (non-hydrogen) atoms. The summed E-state index contributed by atoms with van der Waals surface area (Å²) in [6.07, 6.45) is 5.87. The molecule has 156 valence electrons. The Balaban J connectivity index is 1.62. The van der Waals surface area contributed by atoms with Crippen LogP contribution in [-0.2, 0) is 0 Å². The largest absolute Gasteiger partial charge is 0.494 e. The lowest BCUT2D eigenvalue weighted by atomic mass is 10.1. The number of carbonyl (C=O) groups excluding carboxylic acids is 1. The molecule has 3 aromatic heterocycles. The van der Waals surface area contributed by atoms with Crippen molar-refractivity contribution < 1.29 is 13.9 Å². The molecule has 3 heterocycles. The van der Waals surface area contributed by atoms with E-state index in [1.807, 2.05) is 38.3 Å². The first-order chi connectivity index (χ1) is 14.6. The van der Waals surface area contributed by atoms with Gasteiger partial charge in [0.05, 0.1) is 18.8 Å². The van der Waals surface area contributed by atoms with Gasteiger partial charge in [0.25, 0.3) is 5.91 Å². The first kappa shape index (κ1) is 20.2. The minimum Gasteiger partial charge on any atom is -0.494 e. The maximum absolute atomic E-state index is 13.1. The first-order valence-electron chi connectivity index (χ1n) is 9.72. The highest BCUT2D eigenvalue weighted by Crippen LogP contribution is 2.29. The maximum Gasteiger partial charge on any atom is 0.287 e. The number of hydrogen-bond donors (Lipinski definition) is 2. The topological polar surface area (TPSA) is 106 Å². The number of furan rings is 1. The van der Waals surface area contributed by atoms with E-state index in [0.29, 0.717) is 35.8 Å². The molecular formula is C21H23N5O3S. The molecule has 1 aromatic carbocycles. The Hall–Kier alpha value is -3.07. The van der Waals surface area contributed by atoms with Gasteiger partial charge in [-0.25, -0.2) is 15.0 Å². The minimum atomic E-state index is -0.300. The Morgan fingerprint density at radius 1 is 1.40 bits per heavy atom. The number of thioether (sulfide) groups is 1. The predicted molar refractivity (Wildman–Crippen MR) is 117 cm³/mol. The van der Waals surface area contributed by atoms with E-state index in [-0.39, 0.29) is 11.9 Å². The summed E-state index contributed by atoms with van der Waals surface area (Å²) >= 11 is 1.71. The quantitative estimate of drug-likeness (QED) is 0.439. The van der Waals surface area contributed by atoms with Gasteiger partial charge < -0.3 is 19.5 Å². The van der Waals surface area contributed by atoms with E-state index in [0.717, 1.165) is 28.0 Å². The molecule has 0 aliphatic carbocycles. The molecule has 4 aromatic rings. The molecular weight excluding hydrogens is 402 g/mol. The minimum absolute atomic E-state index is 0.278. The van der Waals surface area contributed by atoms with Crippen LogP contribution in [0.5, 0.6) is 5.75 Å². The molecule has 0 radical (unpaired) electrons. The molecule has 0 bridgehead atoms. The highest BCUT2D eigenvalue weighted by Gasteiger charge is 2.24. The summed E-state index contributed by atoms with van der Waals surface area (Å²) < 4.78 is 11.4. The smallest absolute Gasteiger partial charge is 0.287 e. The Kier molecular flexibility index (Phi) is 5.89. The summed E-state index contributed by atoms with van der Waals surface area (Å²) in [5.74, 6) is 2.29. The van der Waals surface area contributed by atoms with Crippen molar-refractivity contribution in [2.75, 3.05) is 18.6 Å². The lowest BCUT2D eigenvalue weighted by Crippen LogP contribution is -2.30. The highest BCUT2D eigenvalue weighted by atomic mass is 32.2. The number of H-pyrrole nitrogens is 1. The fourth-order valence-electron chi connectivity index (χ4n) is 3.36. The van der Waals surface area contributed by atoms with E-state index in [4.69, 9.17) is 9.15 Å². The van der Waals surface area contributed by atoms with Gasteiger partial charge in [0, 0.05) is 10.9 Å². The molecule has 0 aliphatic heterocycles. The van der Waals surface area contributed by atoms with Gasteiger partial charge in [-0.05, 0) is 50.5 Å². The number of rotatable bonds is 8. The van der Waals surface area contributed by atoms with Gasteiger partial charge in [-0.1, -0.05) is 0 Å². The van der Waals surface area contributed by atoms with Crippen LogP contribution in [0.1, 0.15) is 41.3 Å². The second-order valence-corrected chi connectivity index (χ2v) is 7.82. The van der Waals surface area contributed by atoms with Crippen LogP contribution in [0.2, 0.25) is 0 Å². The zero-order chi connectivity index (χ0) is 21.1. The lowest BCUT2D eigenvalue weighted by molar-refractivity contribution is 0.0907. The lowest BCUT2D eigenvalue weighted by Gasteiger charge is -2.15. The third kappa shape index (κ3) is 3.97. The summed E-state index contributed by atoms with van der Waals surface area (Å²) in [5.41, 5.74) is 2.75. The van der Waals surface area contributed by atoms with Crippen LogP contribution >= 0.6 is 11.8 Å². The molecule has 0 spiro atoms. The number of nitrogens with one attached hydrogen (secondary N) is 2. The van der Waals surface area contributed by atoms with Gasteiger partial charge in [0.15, 0.2) is 11.4 Å². The standard InChI is InChI=1S/C21H23N5O3S/c1-4-28-13-5-6-17-14(9-13)12(2)18(29-17)21(27)25-15(7-8-30-3)20-24-16-10-22-11-23-19(16)26-20/h5-6,9-11,15H,4,7-8H2,1-3H3,(H,25,27)(H,22,23,24,26). The summed E-state index contributed by atoms with van der Waals surface area (Å²) in [4.78, 5) is 29.0. The zero-order valence-electron chi connectivity index (χ0n) is 17.1. The average Bonchev–Trinajstić information content (AvgIpc) is 3.32. The van der Waals surface area contributed by atoms with Gasteiger partial charge in [-0.2, -0.15) is 11.8 Å². The van der Waals surface area contributed by atoms with Crippen LogP contribution in [0.3, 0.4) is 0 Å². The molecule has 0 saturated heterocycles. The second-order valence-electron chi connectivity index (χ2n) is 6.84. The summed E-state index contributed by atoms with van der Waals surface area (Å²) in [6, 6.07) is 5.27. The monoisotopic (exact) mass is 425 g/mol. The van der Waals surface area contributed by atoms with Crippen molar-refractivity contribution in [1.29, 1.82) is 0 Å². The van der Waals surface area contributed by atoms with Crippen molar-refractivity contribution in [2.45, 2.75) is 26.3 Å². The zero-order valence-corrected chi connectivity index (χ0v) is 17.9. The van der Waals surface area contributed by atoms with E-state index < -0.39 is 0 Å². The predicted octanol–water partition coefficient (Wildman–Crippen LogP) is 4.03. The number of benzene rings is 1. The second kappa shape index (κ2) is 8.74. The van der Waals surface area contributed by atoms with Gasteiger partial charge in [0.2, 0.25) is 0 Å². The third-order valence-corrected chi connectivity index (χ3v) is 5.50. The molecule has 0 aliphatic rings. The van der Waals surface area contributed by atoms with Crippen molar-refractivity contribution in [3.8, 4) is 5.75 Å². The van der Waals surface area contributed by atoms with E-state index in [1.165, 1.54) is 6.33 Å². The van der Waals surface area contributed by atoms with Gasteiger partial charge in [-0.15, -0.1) is 0 Å². The summed E-state index contributed by atoms with van der Waals surface area (Å²) in [6.45, 7) is 4.39. The molecule has 1 unspecified atom stereocenters. The van der Waals surface area contributed by atoms with Crippen molar-refractivity contribution >= 4 is 39.8 Å². The Labute approximate surface area is 177 Å². The number of hydrogen-bond acceptors (Lipinski definition) is 7. The number of amides is 1. The van der Waals surface area contributed by atoms with Gasteiger partial charge >= 0.3 is 0 Å². The van der Waals surface area contributed by atoms with Crippen molar-refractivity contribution in [2.24, 2.45) is 0 Å². The molecule has 0 saturated carbocycles. The van der Waals surface area contributed by atoms with E-state index in [2.05, 4.69) is 25.3 Å². The number of nitrogens with zero attached hydrogens (tertiary/aromatic N) is 3. The normalized spacial score (nSPS) is 12.4. The van der Waals surface area contributed by atoms with Crippen LogP contribution in [0.4, 0.5) is 0 Å².